The topological polar surface area (TPSA) is 37.4 Å². The number of hydrogen-bond acceptors (Lipinski definition) is 2. The van der Waals surface area contributed by atoms with Crippen LogP contribution in [-0.4, -0.2) is 23.1 Å². The molecule has 0 spiro atoms. The molecule has 0 saturated carbocycles. The van der Waals surface area contributed by atoms with Gasteiger partial charge in [0.05, 0.1) is 0 Å². The molecule has 0 radical (unpaired) electrons. The summed E-state index contributed by atoms with van der Waals surface area (Å²) in [7, 11) is 0. The van der Waals surface area contributed by atoms with Crippen LogP contribution in [0, 0.1) is 0 Å². The summed E-state index contributed by atoms with van der Waals surface area (Å²) in [5.74, 6) is -0.628. The van der Waals surface area contributed by atoms with Gasteiger partial charge in [-0.2, -0.15) is 0 Å². The zero-order valence-electron chi connectivity index (χ0n) is 11.4. The quantitative estimate of drug-likeness (QED) is 0.753. The maximum absolute atomic E-state index is 11.7. The third-order valence-electron chi connectivity index (χ3n) is 2.98. The number of hydrogen-bond donors (Lipinski definition) is 0. The van der Waals surface area contributed by atoms with Gasteiger partial charge in [-0.3, -0.25) is 9.59 Å². The molecule has 0 unspecified atom stereocenters. The summed E-state index contributed by atoms with van der Waals surface area (Å²) in [6.07, 6.45) is 1.13. The largest absolute Gasteiger partial charge is 0.331 e. The first-order chi connectivity index (χ1) is 8.72. The van der Waals surface area contributed by atoms with Crippen LogP contribution in [0.4, 0.5) is 0 Å². The first kappa shape index (κ1) is 14.4. The molecule has 1 aliphatic heterocycles. The van der Waals surface area contributed by atoms with Crippen molar-refractivity contribution in [1.82, 2.24) is 4.90 Å². The Morgan fingerprint density at radius 1 is 1.17 bits per heavy atom. The maximum Gasteiger partial charge on any atom is 0.290 e. The molecule has 0 saturated heterocycles. The average molecular weight is 247 g/mol. The molecular weight excluding hydrogens is 226 g/mol. The van der Waals surface area contributed by atoms with Crippen molar-refractivity contribution in [3.63, 3.8) is 0 Å². The SMILES string of the molecule is CC.CCC(=O)C(=O)N1CCc2ccccc2C1. The normalized spacial score (nSPS) is 13.2. The van der Waals surface area contributed by atoms with Gasteiger partial charge in [0.1, 0.15) is 0 Å². The van der Waals surface area contributed by atoms with Gasteiger partial charge in [-0.25, -0.2) is 0 Å². The van der Waals surface area contributed by atoms with E-state index in [1.807, 2.05) is 32.0 Å². The highest BCUT2D eigenvalue weighted by Gasteiger charge is 2.23. The highest BCUT2D eigenvalue weighted by molar-refractivity contribution is 6.35. The molecule has 0 fully saturated rings. The molecule has 1 aromatic carbocycles. The molecule has 3 nitrogen and oxygen atoms in total. The lowest BCUT2D eigenvalue weighted by atomic mass is 9.99. The molecule has 0 N–H and O–H groups in total. The number of nitrogens with zero attached hydrogens (tertiary/aromatic N) is 1. The first-order valence-electron chi connectivity index (χ1n) is 6.61. The van der Waals surface area contributed by atoms with Gasteiger partial charge in [-0.1, -0.05) is 45.0 Å². The molecule has 18 heavy (non-hydrogen) atoms. The van der Waals surface area contributed by atoms with Crippen molar-refractivity contribution in [2.24, 2.45) is 0 Å². The van der Waals surface area contributed by atoms with Gasteiger partial charge in [0.25, 0.3) is 5.91 Å². The molecule has 0 bridgehead atoms. The maximum atomic E-state index is 11.7. The van der Waals surface area contributed by atoms with Crippen LogP contribution in [0.2, 0.25) is 0 Å². The second-order valence-electron chi connectivity index (χ2n) is 4.02. The number of ketones is 1. The van der Waals surface area contributed by atoms with E-state index in [1.165, 1.54) is 5.56 Å². The van der Waals surface area contributed by atoms with E-state index in [2.05, 4.69) is 6.07 Å². The van der Waals surface area contributed by atoms with Crippen LogP contribution in [0.3, 0.4) is 0 Å². The van der Waals surface area contributed by atoms with Crippen LogP contribution in [0.1, 0.15) is 38.3 Å². The Bertz CT molecular complexity index is 426. The lowest BCUT2D eigenvalue weighted by molar-refractivity contribution is -0.145. The van der Waals surface area contributed by atoms with Gasteiger partial charge in [0.15, 0.2) is 0 Å². The minimum Gasteiger partial charge on any atom is -0.331 e. The average Bonchev–Trinajstić information content (AvgIpc) is 2.47. The van der Waals surface area contributed by atoms with Gasteiger partial charge in [0, 0.05) is 19.5 Å². The van der Waals surface area contributed by atoms with Crippen LogP contribution in [0.15, 0.2) is 24.3 Å². The third-order valence-corrected chi connectivity index (χ3v) is 2.98. The minimum atomic E-state index is -0.336. The third kappa shape index (κ3) is 3.19. The minimum absolute atomic E-state index is 0.289. The van der Waals surface area contributed by atoms with E-state index in [9.17, 15) is 9.59 Å². The highest BCUT2D eigenvalue weighted by atomic mass is 16.2. The molecule has 0 aromatic heterocycles. The summed E-state index contributed by atoms with van der Waals surface area (Å²) in [6, 6.07) is 8.08. The van der Waals surface area contributed by atoms with Crippen LogP contribution < -0.4 is 0 Å². The fraction of sp³-hybridized carbons (Fsp3) is 0.467. The number of Topliss-reactive ketones (excluding diaryl/α,β-unsaturated/α-hetero) is 1. The number of amides is 1. The van der Waals surface area contributed by atoms with Gasteiger partial charge in [0.2, 0.25) is 5.78 Å². The smallest absolute Gasteiger partial charge is 0.290 e. The van der Waals surface area contributed by atoms with Crippen LogP contribution in [0.5, 0.6) is 0 Å². The van der Waals surface area contributed by atoms with Crippen molar-refractivity contribution in [3.05, 3.63) is 35.4 Å². The van der Waals surface area contributed by atoms with Crippen LogP contribution in [-0.2, 0) is 22.6 Å². The number of carbonyl (C=O) groups is 2. The van der Waals surface area contributed by atoms with Crippen molar-refractivity contribution in [3.8, 4) is 0 Å². The fourth-order valence-electron chi connectivity index (χ4n) is 2.00. The van der Waals surface area contributed by atoms with Crippen molar-refractivity contribution < 1.29 is 9.59 Å². The molecular formula is C15H21NO2. The number of rotatable bonds is 2. The lowest BCUT2D eigenvalue weighted by Crippen LogP contribution is -2.39. The zero-order valence-corrected chi connectivity index (χ0v) is 11.4. The Balaban J connectivity index is 0.000000771. The monoisotopic (exact) mass is 247 g/mol. The summed E-state index contributed by atoms with van der Waals surface area (Å²) in [4.78, 5) is 24.7. The highest BCUT2D eigenvalue weighted by Crippen LogP contribution is 2.18. The van der Waals surface area contributed by atoms with Gasteiger partial charge in [-0.05, 0) is 17.5 Å². The van der Waals surface area contributed by atoms with Crippen LogP contribution >= 0.6 is 0 Å². The molecule has 1 aromatic rings. The number of carbonyl (C=O) groups excluding carboxylic acids is 2. The van der Waals surface area contributed by atoms with Gasteiger partial charge < -0.3 is 4.90 Å². The van der Waals surface area contributed by atoms with E-state index in [4.69, 9.17) is 0 Å². The van der Waals surface area contributed by atoms with Crippen molar-refractivity contribution in [1.29, 1.82) is 0 Å². The van der Waals surface area contributed by atoms with Crippen molar-refractivity contribution in [2.45, 2.75) is 40.2 Å². The second-order valence-corrected chi connectivity index (χ2v) is 4.02. The van der Waals surface area contributed by atoms with E-state index in [0.717, 1.165) is 12.0 Å². The van der Waals surface area contributed by atoms with E-state index < -0.39 is 0 Å². The molecule has 98 valence electrons. The predicted molar refractivity (Wildman–Crippen MR) is 72.2 cm³/mol. The van der Waals surface area contributed by atoms with E-state index in [1.54, 1.807) is 11.8 Å². The van der Waals surface area contributed by atoms with E-state index in [0.29, 0.717) is 13.1 Å². The summed E-state index contributed by atoms with van der Waals surface area (Å²) < 4.78 is 0. The summed E-state index contributed by atoms with van der Waals surface area (Å²) in [5, 5.41) is 0. The summed E-state index contributed by atoms with van der Waals surface area (Å²) >= 11 is 0. The summed E-state index contributed by atoms with van der Waals surface area (Å²) in [5.41, 5.74) is 2.45. The Labute approximate surface area is 109 Å². The molecule has 3 heteroatoms. The molecule has 0 aliphatic carbocycles. The Morgan fingerprint density at radius 3 is 2.39 bits per heavy atom. The summed E-state index contributed by atoms with van der Waals surface area (Å²) in [6.45, 7) is 6.94. The van der Waals surface area contributed by atoms with Crippen molar-refractivity contribution >= 4 is 11.7 Å². The predicted octanol–water partition coefficient (Wildman–Crippen LogP) is 2.58. The zero-order chi connectivity index (χ0) is 13.5. The molecule has 1 amide bonds. The molecule has 2 rings (SSSR count). The molecule has 0 atom stereocenters. The van der Waals surface area contributed by atoms with Gasteiger partial charge >= 0.3 is 0 Å². The lowest BCUT2D eigenvalue weighted by Gasteiger charge is -2.28. The van der Waals surface area contributed by atoms with E-state index >= 15 is 0 Å². The second kappa shape index (κ2) is 6.94. The Morgan fingerprint density at radius 2 is 1.78 bits per heavy atom. The fourth-order valence-corrected chi connectivity index (χ4v) is 2.00. The number of benzene rings is 1. The standard InChI is InChI=1S/C13H15NO2.C2H6/c1-2-12(15)13(16)14-8-7-10-5-3-4-6-11(10)9-14;1-2/h3-6H,2,7-9H2,1H3;1-2H3. The van der Waals surface area contributed by atoms with Gasteiger partial charge in [-0.15, -0.1) is 0 Å². The molecule has 1 aliphatic rings. The Kier molecular flexibility index (Phi) is 5.56. The van der Waals surface area contributed by atoms with E-state index in [-0.39, 0.29) is 18.1 Å². The van der Waals surface area contributed by atoms with Crippen LogP contribution in [0.25, 0.3) is 0 Å². The van der Waals surface area contributed by atoms with Crippen molar-refractivity contribution in [2.75, 3.05) is 6.54 Å². The Hall–Kier alpha value is -1.64. The first-order valence-corrected chi connectivity index (χ1v) is 6.61. The molecule has 1 heterocycles. The number of fused-ring (bicyclic) bond motifs is 1.